The first-order chi connectivity index (χ1) is 6.38. The summed E-state index contributed by atoms with van der Waals surface area (Å²) in [7, 11) is 1.97. The quantitative estimate of drug-likeness (QED) is 0.705. The molecule has 0 aromatic rings. The van der Waals surface area contributed by atoms with Gasteiger partial charge in [-0.25, -0.2) is 0 Å². The smallest absolute Gasteiger partial charge is 0.372 e. The molecule has 2 nitrogen and oxygen atoms in total. The molecule has 1 fully saturated rings. The molecule has 84 valence electrons. The van der Waals surface area contributed by atoms with Gasteiger partial charge in [-0.1, -0.05) is 6.92 Å². The maximum Gasteiger partial charge on any atom is 0.411 e. The van der Waals surface area contributed by atoms with Crippen molar-refractivity contribution in [2.45, 2.75) is 13.1 Å². The van der Waals surface area contributed by atoms with E-state index in [2.05, 4.69) is 9.64 Å². The van der Waals surface area contributed by atoms with Crippen LogP contribution in [0.5, 0.6) is 0 Å². The van der Waals surface area contributed by atoms with Gasteiger partial charge in [0, 0.05) is 13.1 Å². The number of alkyl halides is 3. The van der Waals surface area contributed by atoms with Crippen molar-refractivity contribution in [3.05, 3.63) is 0 Å². The lowest BCUT2D eigenvalue weighted by atomic mass is 9.99. The lowest BCUT2D eigenvalue weighted by Crippen LogP contribution is -2.23. The van der Waals surface area contributed by atoms with Gasteiger partial charge in [0.25, 0.3) is 0 Å². The Morgan fingerprint density at radius 1 is 1.36 bits per heavy atom. The Balaban J connectivity index is 2.19. The van der Waals surface area contributed by atoms with E-state index in [9.17, 15) is 13.2 Å². The molecule has 0 aliphatic carbocycles. The van der Waals surface area contributed by atoms with E-state index >= 15 is 0 Å². The van der Waals surface area contributed by atoms with E-state index in [0.717, 1.165) is 13.1 Å². The van der Waals surface area contributed by atoms with Crippen molar-refractivity contribution in [2.24, 2.45) is 11.8 Å². The summed E-state index contributed by atoms with van der Waals surface area (Å²) in [6, 6.07) is 0. The summed E-state index contributed by atoms with van der Waals surface area (Å²) in [5.41, 5.74) is 0. The second-order valence-corrected chi connectivity index (χ2v) is 4.09. The average molecular weight is 211 g/mol. The third kappa shape index (κ3) is 3.84. The Kier molecular flexibility index (Phi) is 3.78. The van der Waals surface area contributed by atoms with Gasteiger partial charge in [-0.15, -0.1) is 0 Å². The molecule has 1 heterocycles. The highest BCUT2D eigenvalue weighted by Gasteiger charge is 2.31. The summed E-state index contributed by atoms with van der Waals surface area (Å²) in [4.78, 5) is 2.12. The normalized spacial score (nSPS) is 29.8. The second-order valence-electron chi connectivity index (χ2n) is 4.09. The third-order valence-corrected chi connectivity index (χ3v) is 2.55. The number of nitrogens with zero attached hydrogens (tertiary/aromatic N) is 1. The standard InChI is InChI=1S/C9H16F3NO/c1-7-3-13(2)4-8(7)5-14-6-9(10,11)12/h7-8H,3-6H2,1-2H3/t7-,8-/m0/s1. The molecule has 1 aliphatic heterocycles. The Morgan fingerprint density at radius 3 is 2.43 bits per heavy atom. The minimum atomic E-state index is -4.20. The summed E-state index contributed by atoms with van der Waals surface area (Å²) in [5, 5.41) is 0. The van der Waals surface area contributed by atoms with Crippen LogP contribution in [0.4, 0.5) is 13.2 Å². The van der Waals surface area contributed by atoms with Crippen LogP contribution in [0.15, 0.2) is 0 Å². The van der Waals surface area contributed by atoms with Gasteiger partial charge in [0.05, 0.1) is 6.61 Å². The van der Waals surface area contributed by atoms with Crippen molar-refractivity contribution < 1.29 is 17.9 Å². The monoisotopic (exact) mass is 211 g/mol. The fourth-order valence-corrected chi connectivity index (χ4v) is 1.84. The average Bonchev–Trinajstić information content (AvgIpc) is 2.27. The Hall–Kier alpha value is -0.290. The van der Waals surface area contributed by atoms with E-state index in [1.165, 1.54) is 0 Å². The topological polar surface area (TPSA) is 12.5 Å². The van der Waals surface area contributed by atoms with Crippen LogP contribution >= 0.6 is 0 Å². The molecule has 0 spiro atoms. The van der Waals surface area contributed by atoms with Crippen LogP contribution in [0, 0.1) is 11.8 Å². The van der Waals surface area contributed by atoms with Gasteiger partial charge in [0.15, 0.2) is 0 Å². The molecule has 1 aliphatic rings. The Bertz CT molecular complexity index is 183. The van der Waals surface area contributed by atoms with Gasteiger partial charge in [-0.3, -0.25) is 0 Å². The lowest BCUT2D eigenvalue weighted by molar-refractivity contribution is -0.176. The van der Waals surface area contributed by atoms with E-state index in [1.807, 2.05) is 14.0 Å². The fourth-order valence-electron chi connectivity index (χ4n) is 1.84. The van der Waals surface area contributed by atoms with Crippen molar-refractivity contribution in [2.75, 3.05) is 33.4 Å². The van der Waals surface area contributed by atoms with Crippen LogP contribution in [0.2, 0.25) is 0 Å². The minimum Gasteiger partial charge on any atom is -0.372 e. The summed E-state index contributed by atoms with van der Waals surface area (Å²) < 4.78 is 40.0. The largest absolute Gasteiger partial charge is 0.411 e. The molecule has 0 amide bonds. The second kappa shape index (κ2) is 4.49. The van der Waals surface area contributed by atoms with Crippen LogP contribution in [0.1, 0.15) is 6.92 Å². The van der Waals surface area contributed by atoms with E-state index < -0.39 is 12.8 Å². The van der Waals surface area contributed by atoms with Crippen LogP contribution in [-0.4, -0.2) is 44.4 Å². The predicted molar refractivity (Wildman–Crippen MR) is 47.0 cm³/mol. The molecular formula is C9H16F3NO. The van der Waals surface area contributed by atoms with E-state index in [1.54, 1.807) is 0 Å². The molecule has 0 saturated carbocycles. The fraction of sp³-hybridized carbons (Fsp3) is 1.00. The van der Waals surface area contributed by atoms with Crippen LogP contribution in [0.25, 0.3) is 0 Å². The highest BCUT2D eigenvalue weighted by atomic mass is 19.4. The van der Waals surface area contributed by atoms with Gasteiger partial charge < -0.3 is 9.64 Å². The van der Waals surface area contributed by atoms with Crippen molar-refractivity contribution in [1.82, 2.24) is 4.90 Å². The molecule has 5 heteroatoms. The molecule has 1 rings (SSSR count). The molecule has 0 bridgehead atoms. The van der Waals surface area contributed by atoms with Crippen molar-refractivity contribution >= 4 is 0 Å². The van der Waals surface area contributed by atoms with E-state index in [-0.39, 0.29) is 12.5 Å². The number of hydrogen-bond donors (Lipinski definition) is 0. The highest BCUT2D eigenvalue weighted by molar-refractivity contribution is 4.79. The van der Waals surface area contributed by atoms with Gasteiger partial charge >= 0.3 is 6.18 Å². The first kappa shape index (κ1) is 11.8. The number of hydrogen-bond acceptors (Lipinski definition) is 2. The molecular weight excluding hydrogens is 195 g/mol. The summed E-state index contributed by atoms with van der Waals surface area (Å²) in [6.07, 6.45) is -4.20. The van der Waals surface area contributed by atoms with Crippen LogP contribution in [-0.2, 0) is 4.74 Å². The van der Waals surface area contributed by atoms with Crippen molar-refractivity contribution in [1.29, 1.82) is 0 Å². The maximum absolute atomic E-state index is 11.8. The summed E-state index contributed by atoms with van der Waals surface area (Å²) in [6.45, 7) is 2.91. The van der Waals surface area contributed by atoms with E-state index in [4.69, 9.17) is 0 Å². The SMILES string of the molecule is C[C@H]1CN(C)C[C@H]1COCC(F)(F)F. The number of ether oxygens (including phenoxy) is 1. The summed E-state index contributed by atoms with van der Waals surface area (Å²) in [5.74, 6) is 0.663. The minimum absolute atomic E-state index is 0.213. The summed E-state index contributed by atoms with van der Waals surface area (Å²) >= 11 is 0. The van der Waals surface area contributed by atoms with Gasteiger partial charge in [-0.2, -0.15) is 13.2 Å². The van der Waals surface area contributed by atoms with Gasteiger partial charge in [0.2, 0.25) is 0 Å². The zero-order chi connectivity index (χ0) is 10.8. The molecule has 2 atom stereocenters. The zero-order valence-electron chi connectivity index (χ0n) is 8.47. The zero-order valence-corrected chi connectivity index (χ0v) is 8.47. The molecule has 0 aromatic carbocycles. The highest BCUT2D eigenvalue weighted by Crippen LogP contribution is 2.22. The first-order valence-corrected chi connectivity index (χ1v) is 4.71. The van der Waals surface area contributed by atoms with E-state index in [0.29, 0.717) is 5.92 Å². The van der Waals surface area contributed by atoms with Crippen molar-refractivity contribution in [3.8, 4) is 0 Å². The van der Waals surface area contributed by atoms with Gasteiger partial charge in [0.1, 0.15) is 6.61 Å². The Labute approximate surface area is 82.0 Å². The lowest BCUT2D eigenvalue weighted by Gasteiger charge is -2.15. The molecule has 0 radical (unpaired) electrons. The number of halogens is 3. The maximum atomic E-state index is 11.8. The molecule has 0 aromatic heterocycles. The predicted octanol–water partition coefficient (Wildman–Crippen LogP) is 1.76. The first-order valence-electron chi connectivity index (χ1n) is 4.71. The van der Waals surface area contributed by atoms with Crippen LogP contribution < -0.4 is 0 Å². The molecule has 0 N–H and O–H groups in total. The molecule has 14 heavy (non-hydrogen) atoms. The number of likely N-dealkylation sites (tertiary alicyclic amines) is 1. The molecule has 1 saturated heterocycles. The molecule has 0 unspecified atom stereocenters. The number of rotatable bonds is 3. The Morgan fingerprint density at radius 2 is 2.00 bits per heavy atom. The van der Waals surface area contributed by atoms with Gasteiger partial charge in [-0.05, 0) is 18.9 Å². The van der Waals surface area contributed by atoms with Crippen molar-refractivity contribution in [3.63, 3.8) is 0 Å². The van der Waals surface area contributed by atoms with Crippen LogP contribution in [0.3, 0.4) is 0 Å². The third-order valence-electron chi connectivity index (χ3n) is 2.55.